The first-order valence-corrected chi connectivity index (χ1v) is 10.1. The Kier molecular flexibility index (Phi) is 5.41. The van der Waals surface area contributed by atoms with Crippen molar-refractivity contribution in [3.8, 4) is 0 Å². The maximum Gasteiger partial charge on any atom is 0.126 e. The number of hydrogen-bond acceptors (Lipinski definition) is 2. The Morgan fingerprint density at radius 3 is 1.83 bits per heavy atom. The molecule has 0 unspecified atom stereocenters. The summed E-state index contributed by atoms with van der Waals surface area (Å²) in [4.78, 5) is 2.15. The molecule has 0 saturated carbocycles. The summed E-state index contributed by atoms with van der Waals surface area (Å²) >= 11 is 0. The molecule has 3 heteroatoms. The average Bonchev–Trinajstić information content (AvgIpc) is 2.30. The van der Waals surface area contributed by atoms with Gasteiger partial charge in [0.05, 0.1) is 0 Å². The van der Waals surface area contributed by atoms with Crippen molar-refractivity contribution in [2.45, 2.75) is 33.0 Å². The predicted molar refractivity (Wildman–Crippen MR) is 84.9 cm³/mol. The van der Waals surface area contributed by atoms with E-state index in [1.165, 1.54) is 30.4 Å². The first-order chi connectivity index (χ1) is 8.40. The summed E-state index contributed by atoms with van der Waals surface area (Å²) in [6, 6.07) is 10.3. The van der Waals surface area contributed by atoms with Crippen LogP contribution in [0.1, 0.15) is 19.4 Å². The highest BCUT2D eigenvalue weighted by molar-refractivity contribution is 6.74. The normalized spacial score (nSPS) is 11.9. The largest absolute Gasteiger partial charge is 0.378 e. The van der Waals surface area contributed by atoms with Crippen molar-refractivity contribution in [2.24, 2.45) is 0 Å². The van der Waals surface area contributed by atoms with Gasteiger partial charge in [-0.3, -0.25) is 0 Å². The van der Waals surface area contributed by atoms with E-state index in [0.29, 0.717) is 0 Å². The van der Waals surface area contributed by atoms with Crippen LogP contribution in [0.15, 0.2) is 24.3 Å². The fraction of sp³-hybridized carbons (Fsp3) is 0.600. The van der Waals surface area contributed by atoms with Gasteiger partial charge in [0.15, 0.2) is 0 Å². The summed E-state index contributed by atoms with van der Waals surface area (Å²) in [6.45, 7) is 11.8. The number of anilines is 1. The molecule has 1 aromatic rings. The molecule has 0 amide bonds. The molecule has 0 radical (unpaired) electrons. The first kappa shape index (κ1) is 15.3. The van der Waals surface area contributed by atoms with Gasteiger partial charge in [0.1, 0.15) is 8.24 Å². The third-order valence-electron chi connectivity index (χ3n) is 3.71. The van der Waals surface area contributed by atoms with E-state index in [1.807, 2.05) is 0 Å². The van der Waals surface area contributed by atoms with Gasteiger partial charge in [0.2, 0.25) is 0 Å². The van der Waals surface area contributed by atoms with Crippen molar-refractivity contribution in [2.75, 3.05) is 32.1 Å². The van der Waals surface area contributed by atoms with Gasteiger partial charge in [-0.05, 0) is 36.8 Å². The zero-order valence-corrected chi connectivity index (χ0v) is 13.8. The highest BCUT2D eigenvalue weighted by Crippen LogP contribution is 2.19. The van der Waals surface area contributed by atoms with Crippen LogP contribution < -0.4 is 4.90 Å². The lowest BCUT2D eigenvalue weighted by molar-refractivity contribution is 0.464. The van der Waals surface area contributed by atoms with Crippen LogP contribution in [0, 0.1) is 0 Å². The summed E-state index contributed by atoms with van der Waals surface area (Å²) in [5, 5.41) is 0. The van der Waals surface area contributed by atoms with E-state index in [2.05, 4.69) is 74.8 Å². The van der Waals surface area contributed by atoms with Crippen LogP contribution in [-0.4, -0.2) is 40.0 Å². The molecule has 0 N–H and O–H groups in total. The second-order valence-corrected chi connectivity index (χ2v) is 10.3. The van der Waals surface area contributed by atoms with Crippen molar-refractivity contribution >= 4 is 13.9 Å². The number of nitrogens with zero attached hydrogens (tertiary/aromatic N) is 2. The minimum absolute atomic E-state index is 1.17. The molecule has 1 aromatic carbocycles. The number of benzene rings is 1. The Morgan fingerprint density at radius 1 is 0.944 bits per heavy atom. The monoisotopic (exact) mass is 264 g/mol. The zero-order chi connectivity index (χ0) is 13.8. The molecular formula is C15H28N2Si. The van der Waals surface area contributed by atoms with Crippen LogP contribution in [0.4, 0.5) is 5.69 Å². The first-order valence-electron chi connectivity index (χ1n) is 6.92. The van der Waals surface area contributed by atoms with Crippen LogP contribution in [0.5, 0.6) is 0 Å². The van der Waals surface area contributed by atoms with E-state index >= 15 is 0 Å². The molecule has 18 heavy (non-hydrogen) atoms. The van der Waals surface area contributed by atoms with Crippen molar-refractivity contribution in [1.82, 2.24) is 4.57 Å². The van der Waals surface area contributed by atoms with Crippen molar-refractivity contribution < 1.29 is 0 Å². The van der Waals surface area contributed by atoms with Gasteiger partial charge in [-0.1, -0.05) is 39.1 Å². The molecule has 0 aliphatic heterocycles. The molecular weight excluding hydrogens is 236 g/mol. The van der Waals surface area contributed by atoms with Gasteiger partial charge in [-0.15, -0.1) is 0 Å². The average molecular weight is 264 g/mol. The molecule has 0 bridgehead atoms. The van der Waals surface area contributed by atoms with Crippen LogP contribution in [0.25, 0.3) is 0 Å². The number of hydrogen-bond donors (Lipinski definition) is 0. The fourth-order valence-electron chi connectivity index (χ4n) is 2.60. The lowest BCUT2D eigenvalue weighted by Gasteiger charge is -2.35. The van der Waals surface area contributed by atoms with E-state index in [4.69, 9.17) is 0 Å². The summed E-state index contributed by atoms with van der Waals surface area (Å²) < 4.78 is 2.66. The lowest BCUT2D eigenvalue weighted by atomic mass is 10.2. The van der Waals surface area contributed by atoms with Gasteiger partial charge >= 0.3 is 0 Å². The molecule has 0 heterocycles. The van der Waals surface area contributed by atoms with Crippen LogP contribution in [0.3, 0.4) is 0 Å². The van der Waals surface area contributed by atoms with Crippen LogP contribution in [-0.2, 0) is 6.04 Å². The predicted octanol–water partition coefficient (Wildman–Crippen LogP) is 3.38. The highest BCUT2D eigenvalue weighted by atomic mass is 28.3. The van der Waals surface area contributed by atoms with E-state index in [9.17, 15) is 0 Å². The molecule has 2 nitrogen and oxygen atoms in total. The Bertz CT molecular complexity index is 353. The van der Waals surface area contributed by atoms with Gasteiger partial charge < -0.3 is 9.47 Å². The fourth-order valence-corrected chi connectivity index (χ4v) is 5.77. The summed E-state index contributed by atoms with van der Waals surface area (Å²) in [5.41, 5.74) is 2.75. The van der Waals surface area contributed by atoms with Gasteiger partial charge in [0, 0.05) is 19.8 Å². The minimum Gasteiger partial charge on any atom is -0.378 e. The van der Waals surface area contributed by atoms with Crippen molar-refractivity contribution in [3.63, 3.8) is 0 Å². The molecule has 1 rings (SSSR count). The molecule has 0 saturated heterocycles. The molecule has 102 valence electrons. The van der Waals surface area contributed by atoms with Crippen molar-refractivity contribution in [1.29, 1.82) is 0 Å². The van der Waals surface area contributed by atoms with Gasteiger partial charge in [-0.25, -0.2) is 0 Å². The maximum absolute atomic E-state index is 2.66. The SMILES string of the molecule is CCN(CC)[Si](C)(C)Cc1ccc(N(C)C)cc1. The van der Waals surface area contributed by atoms with E-state index in [-0.39, 0.29) is 0 Å². The second kappa shape index (κ2) is 6.39. The van der Waals surface area contributed by atoms with Gasteiger partial charge in [-0.2, -0.15) is 0 Å². The molecule has 0 atom stereocenters. The summed E-state index contributed by atoms with van der Waals surface area (Å²) in [7, 11) is 2.88. The standard InChI is InChI=1S/C15H28N2Si/c1-7-17(8-2)18(5,6)13-14-9-11-15(12-10-14)16(3)4/h9-12H,7-8,13H2,1-6H3. The Balaban J connectivity index is 2.77. The summed E-state index contributed by atoms with van der Waals surface area (Å²) in [5.74, 6) is 0. The second-order valence-electron chi connectivity index (χ2n) is 5.72. The lowest BCUT2D eigenvalue weighted by Crippen LogP contribution is -2.50. The quantitative estimate of drug-likeness (QED) is 0.727. The third-order valence-corrected chi connectivity index (χ3v) is 7.33. The van der Waals surface area contributed by atoms with E-state index in [0.717, 1.165) is 0 Å². The van der Waals surface area contributed by atoms with Crippen molar-refractivity contribution in [3.05, 3.63) is 29.8 Å². The smallest absolute Gasteiger partial charge is 0.126 e. The van der Waals surface area contributed by atoms with Gasteiger partial charge in [0.25, 0.3) is 0 Å². The molecule has 0 fully saturated rings. The molecule has 0 spiro atoms. The van der Waals surface area contributed by atoms with Crippen LogP contribution >= 0.6 is 0 Å². The number of rotatable bonds is 6. The molecule has 0 aliphatic carbocycles. The topological polar surface area (TPSA) is 6.48 Å². The Morgan fingerprint density at radius 2 is 1.44 bits per heavy atom. The Hall–Kier alpha value is -0.803. The van der Waals surface area contributed by atoms with Crippen LogP contribution in [0.2, 0.25) is 13.1 Å². The third kappa shape index (κ3) is 3.85. The maximum atomic E-state index is 2.66. The zero-order valence-electron chi connectivity index (χ0n) is 12.8. The Labute approximate surface area is 114 Å². The highest BCUT2D eigenvalue weighted by Gasteiger charge is 2.27. The van der Waals surface area contributed by atoms with E-state index < -0.39 is 8.24 Å². The van der Waals surface area contributed by atoms with E-state index in [1.54, 1.807) is 0 Å². The molecule has 0 aromatic heterocycles. The minimum atomic E-state index is -1.30. The summed E-state index contributed by atoms with van der Waals surface area (Å²) in [6.07, 6.45) is 0. The molecule has 0 aliphatic rings.